The number of aromatic nitrogens is 1. The lowest BCUT2D eigenvalue weighted by Crippen LogP contribution is -2.35. The largest absolute Gasteiger partial charge is 0.342 e. The molecule has 0 N–H and O–H groups in total. The molecule has 26 heavy (non-hydrogen) atoms. The Morgan fingerprint density at radius 2 is 1.92 bits per heavy atom. The monoisotopic (exact) mass is 415 g/mol. The van der Waals surface area contributed by atoms with E-state index < -0.39 is 33.2 Å². The summed E-state index contributed by atoms with van der Waals surface area (Å²) in [5.74, 6) is -2.66. The zero-order valence-corrected chi connectivity index (χ0v) is 16.5. The Balaban J connectivity index is 1.76. The van der Waals surface area contributed by atoms with Gasteiger partial charge in [0.25, 0.3) is 5.91 Å². The Labute approximate surface area is 159 Å². The van der Waals surface area contributed by atoms with Crippen LogP contribution in [0.15, 0.2) is 23.2 Å². The molecule has 1 aliphatic rings. The maximum Gasteiger partial charge on any atom is 0.263 e. The van der Waals surface area contributed by atoms with E-state index in [1.807, 2.05) is 6.07 Å². The average molecular weight is 416 g/mol. The Bertz CT molecular complexity index is 1030. The molecular weight excluding hydrogens is 398 g/mol. The maximum absolute atomic E-state index is 12.2. The third kappa shape index (κ3) is 4.33. The Kier molecular flexibility index (Phi) is 5.50. The van der Waals surface area contributed by atoms with Crippen LogP contribution in [-0.4, -0.2) is 54.3 Å². The molecule has 1 fully saturated rings. The van der Waals surface area contributed by atoms with Crippen molar-refractivity contribution in [2.45, 2.75) is 12.8 Å². The number of likely N-dealkylation sites (tertiary alicyclic amines) is 1. The number of aryl methyl sites for hydroxylation is 1. The van der Waals surface area contributed by atoms with E-state index in [2.05, 4.69) is 4.99 Å². The van der Waals surface area contributed by atoms with Gasteiger partial charge in [0.1, 0.15) is 11.5 Å². The third-order valence-electron chi connectivity index (χ3n) is 4.14. The number of thiazole rings is 1. The quantitative estimate of drug-likeness (QED) is 0.754. The maximum atomic E-state index is 12.2. The van der Waals surface area contributed by atoms with Gasteiger partial charge in [0.2, 0.25) is 5.91 Å². The van der Waals surface area contributed by atoms with Gasteiger partial charge in [-0.2, -0.15) is 4.99 Å². The van der Waals surface area contributed by atoms with Crippen molar-refractivity contribution in [3.05, 3.63) is 28.0 Å². The highest BCUT2D eigenvalue weighted by molar-refractivity contribution is 7.92. The summed E-state index contributed by atoms with van der Waals surface area (Å²) in [5, 5.41) is 0.570. The molecule has 2 heterocycles. The molecule has 0 aliphatic carbocycles. The zero-order chi connectivity index (χ0) is 18.9. The number of amides is 2. The normalized spacial score (nSPS) is 15.8. The summed E-state index contributed by atoms with van der Waals surface area (Å²) in [6.45, 7) is 1.15. The van der Waals surface area contributed by atoms with Gasteiger partial charge in [-0.15, -0.1) is 0 Å². The van der Waals surface area contributed by atoms with E-state index in [-0.39, 0.29) is 0 Å². The van der Waals surface area contributed by atoms with Crippen LogP contribution in [0.3, 0.4) is 0 Å². The molecule has 0 atom stereocenters. The predicted molar refractivity (Wildman–Crippen MR) is 101 cm³/mol. The minimum absolute atomic E-state index is 0.383. The molecule has 0 spiro atoms. The first kappa shape index (κ1) is 19.1. The number of carbonyl (C=O) groups is 2. The Morgan fingerprint density at radius 1 is 1.23 bits per heavy atom. The predicted octanol–water partition coefficient (Wildman–Crippen LogP) is 1.36. The summed E-state index contributed by atoms with van der Waals surface area (Å²) in [6, 6.07) is 5.30. The fourth-order valence-electron chi connectivity index (χ4n) is 2.84. The van der Waals surface area contributed by atoms with Crippen molar-refractivity contribution in [1.29, 1.82) is 0 Å². The van der Waals surface area contributed by atoms with Gasteiger partial charge in [0.15, 0.2) is 14.6 Å². The van der Waals surface area contributed by atoms with Gasteiger partial charge in [-0.3, -0.25) is 9.59 Å². The van der Waals surface area contributed by atoms with Gasteiger partial charge in [-0.05, 0) is 31.0 Å². The van der Waals surface area contributed by atoms with Crippen LogP contribution in [0.5, 0.6) is 0 Å². The number of sulfone groups is 1. The number of carbonyl (C=O) groups excluding carboxylic acids is 2. The smallest absolute Gasteiger partial charge is 0.263 e. The highest BCUT2D eigenvalue weighted by atomic mass is 35.5. The zero-order valence-electron chi connectivity index (χ0n) is 14.1. The molecule has 140 valence electrons. The molecule has 1 aromatic heterocycles. The van der Waals surface area contributed by atoms with Gasteiger partial charge < -0.3 is 9.47 Å². The second-order valence-corrected chi connectivity index (χ2v) is 9.69. The SMILES string of the molecule is Cn1c(=NC(=O)CS(=O)(=O)CC(=O)N2CCCC2)sc2cc(Cl)ccc21. The molecule has 0 unspecified atom stereocenters. The number of hydrogen-bond donors (Lipinski definition) is 0. The van der Waals surface area contributed by atoms with Crippen LogP contribution in [0.1, 0.15) is 12.8 Å². The third-order valence-corrected chi connectivity index (χ3v) is 6.84. The molecule has 0 bridgehead atoms. The summed E-state index contributed by atoms with van der Waals surface area (Å²) < 4.78 is 26.9. The summed E-state index contributed by atoms with van der Waals surface area (Å²) >= 11 is 7.21. The fraction of sp³-hybridized carbons (Fsp3) is 0.438. The first-order valence-corrected chi connectivity index (χ1v) is 11.1. The second kappa shape index (κ2) is 7.50. The fourth-order valence-corrected chi connectivity index (χ4v) is 5.25. The molecular formula is C16H18ClN3O4S2. The van der Waals surface area contributed by atoms with E-state index in [4.69, 9.17) is 11.6 Å². The highest BCUT2D eigenvalue weighted by Crippen LogP contribution is 2.21. The number of benzene rings is 1. The minimum atomic E-state index is -3.85. The lowest BCUT2D eigenvalue weighted by molar-refractivity contribution is -0.127. The van der Waals surface area contributed by atoms with Crippen LogP contribution in [0.2, 0.25) is 5.02 Å². The number of halogens is 1. The van der Waals surface area contributed by atoms with E-state index in [1.165, 1.54) is 16.2 Å². The Hall–Kier alpha value is -1.71. The average Bonchev–Trinajstić information content (AvgIpc) is 3.15. The molecule has 1 aliphatic heterocycles. The highest BCUT2D eigenvalue weighted by Gasteiger charge is 2.26. The molecule has 7 nitrogen and oxygen atoms in total. The van der Waals surface area contributed by atoms with Gasteiger partial charge in [-0.25, -0.2) is 8.42 Å². The molecule has 1 aromatic carbocycles. The first-order chi connectivity index (χ1) is 12.2. The van der Waals surface area contributed by atoms with Gasteiger partial charge in [0.05, 0.1) is 10.2 Å². The van der Waals surface area contributed by atoms with Gasteiger partial charge in [0, 0.05) is 25.2 Å². The molecule has 3 rings (SSSR count). The molecule has 2 amide bonds. The number of rotatable bonds is 4. The van der Waals surface area contributed by atoms with E-state index in [1.54, 1.807) is 23.7 Å². The van der Waals surface area contributed by atoms with Crippen molar-refractivity contribution in [1.82, 2.24) is 9.47 Å². The van der Waals surface area contributed by atoms with Crippen LogP contribution in [0.4, 0.5) is 0 Å². The van der Waals surface area contributed by atoms with Crippen LogP contribution in [0, 0.1) is 0 Å². The van der Waals surface area contributed by atoms with Crippen molar-refractivity contribution >= 4 is 54.8 Å². The molecule has 2 aromatic rings. The van der Waals surface area contributed by atoms with Crippen LogP contribution < -0.4 is 4.80 Å². The lowest BCUT2D eigenvalue weighted by atomic mass is 10.3. The van der Waals surface area contributed by atoms with E-state index in [9.17, 15) is 18.0 Å². The van der Waals surface area contributed by atoms with Gasteiger partial charge >= 0.3 is 0 Å². The van der Waals surface area contributed by atoms with E-state index >= 15 is 0 Å². The van der Waals surface area contributed by atoms with Crippen molar-refractivity contribution in [2.24, 2.45) is 12.0 Å². The number of hydrogen-bond acceptors (Lipinski definition) is 5. The molecule has 1 saturated heterocycles. The summed E-state index contributed by atoms with van der Waals surface area (Å²) in [7, 11) is -2.11. The molecule has 0 radical (unpaired) electrons. The number of nitrogens with zero attached hydrogens (tertiary/aromatic N) is 3. The summed E-state index contributed by atoms with van der Waals surface area (Å²) in [6.07, 6.45) is 1.76. The van der Waals surface area contributed by atoms with Gasteiger partial charge in [-0.1, -0.05) is 22.9 Å². The van der Waals surface area contributed by atoms with E-state index in [0.29, 0.717) is 22.9 Å². The lowest BCUT2D eigenvalue weighted by Gasteiger charge is -2.14. The van der Waals surface area contributed by atoms with Crippen molar-refractivity contribution in [3.8, 4) is 0 Å². The summed E-state index contributed by atoms with van der Waals surface area (Å²) in [5.41, 5.74) is 0.845. The van der Waals surface area contributed by atoms with Crippen molar-refractivity contribution in [3.63, 3.8) is 0 Å². The number of fused-ring (bicyclic) bond motifs is 1. The molecule has 0 saturated carbocycles. The van der Waals surface area contributed by atoms with Crippen LogP contribution in [-0.2, 0) is 26.5 Å². The van der Waals surface area contributed by atoms with Crippen molar-refractivity contribution < 1.29 is 18.0 Å². The minimum Gasteiger partial charge on any atom is -0.342 e. The topological polar surface area (TPSA) is 88.8 Å². The summed E-state index contributed by atoms with van der Waals surface area (Å²) in [4.78, 5) is 29.9. The van der Waals surface area contributed by atoms with Crippen molar-refractivity contribution in [2.75, 3.05) is 24.6 Å². The second-order valence-electron chi connectivity index (χ2n) is 6.18. The standard InChI is InChI=1S/C16H18ClN3O4S2/c1-19-12-5-4-11(17)8-13(12)25-16(19)18-14(21)9-26(23,24)10-15(22)20-6-2-3-7-20/h4-5,8H,2-3,6-7,9-10H2,1H3. The first-order valence-electron chi connectivity index (χ1n) is 8.06. The Morgan fingerprint density at radius 3 is 2.62 bits per heavy atom. The van der Waals surface area contributed by atoms with Crippen LogP contribution >= 0.6 is 22.9 Å². The van der Waals surface area contributed by atoms with Crippen LogP contribution in [0.25, 0.3) is 10.2 Å². The molecule has 10 heteroatoms. The van der Waals surface area contributed by atoms with E-state index in [0.717, 1.165) is 23.1 Å².